The van der Waals surface area contributed by atoms with Crippen LogP contribution < -0.4 is 4.90 Å². The van der Waals surface area contributed by atoms with Gasteiger partial charge in [-0.1, -0.05) is 35.1 Å². The normalized spacial score (nSPS) is 16.4. The number of aromatic nitrogens is 1. The second-order valence-corrected chi connectivity index (χ2v) is 8.19. The van der Waals surface area contributed by atoms with Gasteiger partial charge in [0.2, 0.25) is 0 Å². The number of hydrogen-bond donors (Lipinski definition) is 1. The highest BCUT2D eigenvalue weighted by molar-refractivity contribution is 7.22. The van der Waals surface area contributed by atoms with E-state index in [4.69, 9.17) is 11.6 Å². The van der Waals surface area contributed by atoms with Crippen LogP contribution in [0.25, 0.3) is 10.2 Å². The lowest BCUT2D eigenvalue weighted by molar-refractivity contribution is -0.384. The summed E-state index contributed by atoms with van der Waals surface area (Å²) in [5.41, 5.74) is 1.89. The first-order chi connectivity index (χ1) is 13.5. The Morgan fingerprint density at radius 3 is 2.57 bits per heavy atom. The number of hydrogen-bond acceptors (Lipinski definition) is 7. The number of thiazole rings is 1. The predicted octanol–water partition coefficient (Wildman–Crippen LogP) is 3.54. The molecule has 7 nitrogen and oxygen atoms in total. The van der Waals surface area contributed by atoms with Gasteiger partial charge in [-0.05, 0) is 23.8 Å². The number of rotatable bonds is 5. The van der Waals surface area contributed by atoms with Gasteiger partial charge in [-0.3, -0.25) is 15.0 Å². The number of fused-ring (bicyclic) bond motifs is 1. The third kappa shape index (κ3) is 4.10. The maximum absolute atomic E-state index is 10.7. The Bertz CT molecular complexity index is 987. The Hall–Kier alpha value is -2.26. The Kier molecular flexibility index (Phi) is 5.45. The second kappa shape index (κ2) is 8.00. The van der Waals surface area contributed by atoms with E-state index >= 15 is 0 Å². The smallest absolute Gasteiger partial charge is 0.269 e. The van der Waals surface area contributed by atoms with E-state index in [1.54, 1.807) is 23.5 Å². The first kappa shape index (κ1) is 19.1. The molecule has 0 bridgehead atoms. The van der Waals surface area contributed by atoms with Crippen LogP contribution in [0.4, 0.5) is 10.8 Å². The largest absolute Gasteiger partial charge is 0.378 e. The first-order valence-corrected chi connectivity index (χ1v) is 10.2. The van der Waals surface area contributed by atoms with Crippen molar-refractivity contribution < 1.29 is 10.0 Å². The van der Waals surface area contributed by atoms with E-state index in [2.05, 4.69) is 9.88 Å². The number of piperazine rings is 1. The van der Waals surface area contributed by atoms with Gasteiger partial charge in [0, 0.05) is 49.8 Å². The van der Waals surface area contributed by atoms with E-state index in [0.717, 1.165) is 47.1 Å². The summed E-state index contributed by atoms with van der Waals surface area (Å²) in [4.78, 5) is 19.3. The number of benzene rings is 2. The maximum atomic E-state index is 10.7. The van der Waals surface area contributed by atoms with Gasteiger partial charge in [0.05, 0.1) is 15.1 Å². The van der Waals surface area contributed by atoms with E-state index in [-0.39, 0.29) is 5.69 Å². The van der Waals surface area contributed by atoms with Gasteiger partial charge >= 0.3 is 0 Å². The zero-order chi connectivity index (χ0) is 19.7. The number of nitro benzene ring substituents is 1. The molecule has 0 amide bonds. The first-order valence-electron chi connectivity index (χ1n) is 8.96. The minimum Gasteiger partial charge on any atom is -0.378 e. The molecule has 1 N–H and O–H groups in total. The molecule has 2 heterocycles. The van der Waals surface area contributed by atoms with Crippen molar-refractivity contribution in [1.82, 2.24) is 9.88 Å². The molecule has 1 unspecified atom stereocenters. The number of nitro groups is 1. The second-order valence-electron chi connectivity index (χ2n) is 6.74. The molecule has 0 radical (unpaired) electrons. The summed E-state index contributed by atoms with van der Waals surface area (Å²) >= 11 is 7.68. The molecule has 1 atom stereocenters. The number of aliphatic hydroxyl groups is 1. The van der Waals surface area contributed by atoms with Gasteiger partial charge in [0.25, 0.3) is 5.69 Å². The highest BCUT2D eigenvalue weighted by Crippen LogP contribution is 2.31. The van der Waals surface area contributed by atoms with Crippen molar-refractivity contribution in [3.8, 4) is 0 Å². The van der Waals surface area contributed by atoms with Crippen molar-refractivity contribution >= 4 is 44.0 Å². The summed E-state index contributed by atoms with van der Waals surface area (Å²) < 4.78 is 1.07. The van der Waals surface area contributed by atoms with Crippen molar-refractivity contribution in [1.29, 1.82) is 0 Å². The topological polar surface area (TPSA) is 82.7 Å². The van der Waals surface area contributed by atoms with Crippen LogP contribution in [0.3, 0.4) is 0 Å². The molecule has 28 heavy (non-hydrogen) atoms. The molecule has 1 aliphatic rings. The lowest BCUT2D eigenvalue weighted by atomic mass is 10.1. The molecular formula is C19H19ClN4O3S. The van der Waals surface area contributed by atoms with Gasteiger partial charge < -0.3 is 10.0 Å². The molecule has 1 aromatic heterocycles. The summed E-state index contributed by atoms with van der Waals surface area (Å²) in [6.45, 7) is 3.02. The van der Waals surface area contributed by atoms with Crippen LogP contribution in [-0.2, 0) is 6.42 Å². The number of nitrogens with zero attached hydrogens (tertiary/aromatic N) is 4. The summed E-state index contributed by atoms with van der Waals surface area (Å²) in [7, 11) is 0. The summed E-state index contributed by atoms with van der Waals surface area (Å²) in [6.07, 6.45) is -0.171. The van der Waals surface area contributed by atoms with E-state index in [1.165, 1.54) is 12.1 Å². The number of halogens is 1. The Morgan fingerprint density at radius 1 is 1.18 bits per heavy atom. The monoisotopic (exact) mass is 418 g/mol. The van der Waals surface area contributed by atoms with Crippen LogP contribution in [0.2, 0.25) is 5.02 Å². The molecule has 1 saturated heterocycles. The van der Waals surface area contributed by atoms with E-state index in [9.17, 15) is 15.2 Å². The summed E-state index contributed by atoms with van der Waals surface area (Å²) in [5, 5.41) is 23.0. The predicted molar refractivity (Wildman–Crippen MR) is 111 cm³/mol. The molecule has 1 fully saturated rings. The van der Waals surface area contributed by atoms with E-state index in [1.807, 2.05) is 23.1 Å². The molecule has 4 rings (SSSR count). The van der Waals surface area contributed by atoms with E-state index in [0.29, 0.717) is 11.4 Å². The standard InChI is InChI=1S/C19H19ClN4O3S/c20-14-3-6-16-17(12-14)28-19(21-16)23-9-7-22(8-10-23)18(25)11-13-1-4-15(5-2-13)24(26)27/h1-6,12,18,25H,7-11H2. The van der Waals surface area contributed by atoms with Gasteiger partial charge in [-0.2, -0.15) is 0 Å². The number of non-ortho nitro benzene ring substituents is 1. The van der Waals surface area contributed by atoms with Crippen molar-refractivity contribution in [3.63, 3.8) is 0 Å². The molecule has 0 aliphatic carbocycles. The average molecular weight is 419 g/mol. The lowest BCUT2D eigenvalue weighted by Crippen LogP contribution is -2.51. The fourth-order valence-electron chi connectivity index (χ4n) is 3.33. The molecule has 3 aromatic rings. The zero-order valence-corrected chi connectivity index (χ0v) is 16.6. The number of anilines is 1. The van der Waals surface area contributed by atoms with Crippen LogP contribution in [0.1, 0.15) is 5.56 Å². The van der Waals surface area contributed by atoms with Crippen LogP contribution >= 0.6 is 22.9 Å². The van der Waals surface area contributed by atoms with Gasteiger partial charge in [0.1, 0.15) is 6.23 Å². The van der Waals surface area contributed by atoms with Crippen LogP contribution in [0, 0.1) is 10.1 Å². The third-order valence-corrected chi connectivity index (χ3v) is 6.22. The molecule has 1 aliphatic heterocycles. The van der Waals surface area contributed by atoms with Crippen LogP contribution in [-0.4, -0.2) is 52.3 Å². The van der Waals surface area contributed by atoms with Crippen molar-refractivity contribution in [2.24, 2.45) is 0 Å². The molecule has 0 saturated carbocycles. The third-order valence-electron chi connectivity index (χ3n) is 4.91. The molecule has 0 spiro atoms. The van der Waals surface area contributed by atoms with Crippen molar-refractivity contribution in [3.05, 3.63) is 63.2 Å². The fourth-order valence-corrected chi connectivity index (χ4v) is 4.62. The maximum Gasteiger partial charge on any atom is 0.269 e. The zero-order valence-electron chi connectivity index (χ0n) is 15.0. The average Bonchev–Trinajstić information content (AvgIpc) is 3.11. The Balaban J connectivity index is 1.35. The number of aliphatic hydroxyl groups excluding tert-OH is 1. The highest BCUT2D eigenvalue weighted by atomic mass is 35.5. The fraction of sp³-hybridized carbons (Fsp3) is 0.316. The SMILES string of the molecule is O=[N+]([O-])c1ccc(CC(O)N2CCN(c3nc4ccc(Cl)cc4s3)CC2)cc1. The summed E-state index contributed by atoms with van der Waals surface area (Å²) in [5.74, 6) is 0. The quantitative estimate of drug-likeness (QED) is 0.504. The molecule has 9 heteroatoms. The summed E-state index contributed by atoms with van der Waals surface area (Å²) in [6, 6.07) is 12.1. The van der Waals surface area contributed by atoms with Crippen molar-refractivity contribution in [2.45, 2.75) is 12.6 Å². The highest BCUT2D eigenvalue weighted by Gasteiger charge is 2.24. The minimum absolute atomic E-state index is 0.0592. The molecule has 2 aromatic carbocycles. The van der Waals surface area contributed by atoms with Gasteiger partial charge in [-0.15, -0.1) is 0 Å². The lowest BCUT2D eigenvalue weighted by Gasteiger charge is -2.37. The van der Waals surface area contributed by atoms with Gasteiger partial charge in [-0.25, -0.2) is 4.98 Å². The molecular weight excluding hydrogens is 400 g/mol. The molecule has 146 valence electrons. The van der Waals surface area contributed by atoms with Gasteiger partial charge in [0.15, 0.2) is 5.13 Å². The minimum atomic E-state index is -0.613. The van der Waals surface area contributed by atoms with Crippen LogP contribution in [0.15, 0.2) is 42.5 Å². The van der Waals surface area contributed by atoms with Crippen molar-refractivity contribution in [2.75, 3.05) is 31.1 Å². The Morgan fingerprint density at radius 2 is 1.89 bits per heavy atom. The van der Waals surface area contributed by atoms with Crippen LogP contribution in [0.5, 0.6) is 0 Å². The van der Waals surface area contributed by atoms with E-state index < -0.39 is 11.2 Å². The Labute approximate surface area is 170 Å².